The highest BCUT2D eigenvalue weighted by atomic mass is 16.5. The average Bonchev–Trinajstić information content (AvgIpc) is 3.35. The lowest BCUT2D eigenvalue weighted by Crippen LogP contribution is -2.21. The van der Waals surface area contributed by atoms with Crippen molar-refractivity contribution in [2.75, 3.05) is 21.3 Å². The van der Waals surface area contributed by atoms with Crippen molar-refractivity contribution in [3.05, 3.63) is 40.2 Å². The molecule has 3 atom stereocenters. The number of fused-ring (bicyclic) bond motifs is 1. The first-order valence-electron chi connectivity index (χ1n) is 11.1. The van der Waals surface area contributed by atoms with Gasteiger partial charge in [-0.2, -0.15) is 0 Å². The van der Waals surface area contributed by atoms with E-state index in [1.807, 2.05) is 19.1 Å². The van der Waals surface area contributed by atoms with Gasteiger partial charge in [-0.3, -0.25) is 4.79 Å². The summed E-state index contributed by atoms with van der Waals surface area (Å²) in [5, 5.41) is 0. The van der Waals surface area contributed by atoms with E-state index in [9.17, 15) is 9.59 Å². The Morgan fingerprint density at radius 3 is 2.28 bits per heavy atom. The second kappa shape index (κ2) is 8.88. The highest BCUT2D eigenvalue weighted by Gasteiger charge is 2.34. The summed E-state index contributed by atoms with van der Waals surface area (Å²) in [4.78, 5) is 29.2. The molecule has 2 aliphatic carbocycles. The van der Waals surface area contributed by atoms with Crippen LogP contribution in [0.1, 0.15) is 76.2 Å². The molecule has 0 spiro atoms. The molecule has 0 saturated heterocycles. The summed E-state index contributed by atoms with van der Waals surface area (Å²) in [6, 6.07) is 3.77. The molecule has 1 heterocycles. The number of rotatable bonds is 6. The summed E-state index contributed by atoms with van der Waals surface area (Å²) in [5.74, 6) is 1.58. The third kappa shape index (κ3) is 3.85. The van der Waals surface area contributed by atoms with Crippen LogP contribution in [0.3, 0.4) is 0 Å². The minimum atomic E-state index is -0.368. The molecule has 1 aromatic heterocycles. The number of hydrogen-bond donors (Lipinski definition) is 1. The van der Waals surface area contributed by atoms with Crippen molar-refractivity contribution in [2.24, 2.45) is 5.92 Å². The van der Waals surface area contributed by atoms with Crippen LogP contribution < -0.4 is 14.2 Å². The van der Waals surface area contributed by atoms with Crippen LogP contribution in [0.5, 0.6) is 17.2 Å². The van der Waals surface area contributed by atoms with Crippen LogP contribution >= 0.6 is 0 Å². The van der Waals surface area contributed by atoms with E-state index in [2.05, 4.69) is 11.9 Å². The Balaban J connectivity index is 1.62. The van der Waals surface area contributed by atoms with Crippen molar-refractivity contribution in [2.45, 2.75) is 58.0 Å². The van der Waals surface area contributed by atoms with Gasteiger partial charge in [0.15, 0.2) is 17.3 Å². The summed E-state index contributed by atoms with van der Waals surface area (Å²) in [6.07, 6.45) is 3.95. The maximum Gasteiger partial charge on any atom is 0.355 e. The highest BCUT2D eigenvalue weighted by molar-refractivity contribution is 6.03. The van der Waals surface area contributed by atoms with Crippen LogP contribution in [0.25, 0.3) is 0 Å². The molecule has 0 unspecified atom stereocenters. The molecule has 1 N–H and O–H groups in total. The third-order valence-corrected chi connectivity index (χ3v) is 6.89. The monoisotopic (exact) mass is 441 g/mol. The van der Waals surface area contributed by atoms with Crippen LogP contribution in [-0.4, -0.2) is 44.2 Å². The number of H-pyrrole nitrogens is 1. The number of methoxy groups -OCH3 is 3. The van der Waals surface area contributed by atoms with Gasteiger partial charge in [0.05, 0.1) is 21.3 Å². The quantitative estimate of drug-likeness (QED) is 0.659. The molecular formula is C25H31NO6. The number of carbonyl (C=O) groups excluding carboxylic acids is 2. The topological polar surface area (TPSA) is 86.9 Å². The highest BCUT2D eigenvalue weighted by Crippen LogP contribution is 2.43. The van der Waals surface area contributed by atoms with Crippen molar-refractivity contribution in [1.29, 1.82) is 0 Å². The molecule has 172 valence electrons. The van der Waals surface area contributed by atoms with Crippen LogP contribution in [0.15, 0.2) is 12.1 Å². The van der Waals surface area contributed by atoms with Crippen molar-refractivity contribution >= 4 is 11.8 Å². The maximum atomic E-state index is 13.1. The van der Waals surface area contributed by atoms with Crippen molar-refractivity contribution in [3.8, 4) is 17.2 Å². The van der Waals surface area contributed by atoms with E-state index in [0.29, 0.717) is 52.8 Å². The van der Waals surface area contributed by atoms with Gasteiger partial charge in [-0.1, -0.05) is 6.92 Å². The van der Waals surface area contributed by atoms with E-state index >= 15 is 0 Å². The minimum Gasteiger partial charge on any atom is -0.493 e. The number of ether oxygens (including phenoxy) is 4. The van der Waals surface area contributed by atoms with Crippen LogP contribution in [0.4, 0.5) is 0 Å². The van der Waals surface area contributed by atoms with Crippen LogP contribution in [-0.2, 0) is 11.2 Å². The largest absolute Gasteiger partial charge is 0.493 e. The van der Waals surface area contributed by atoms with Gasteiger partial charge in [0.2, 0.25) is 5.75 Å². The molecule has 0 amide bonds. The molecule has 7 heteroatoms. The molecule has 1 fully saturated rings. The molecule has 2 aliphatic rings. The Morgan fingerprint density at radius 2 is 1.72 bits per heavy atom. The van der Waals surface area contributed by atoms with Crippen molar-refractivity contribution < 1.29 is 28.5 Å². The van der Waals surface area contributed by atoms with Gasteiger partial charge in [-0.25, -0.2) is 4.79 Å². The predicted molar refractivity (Wildman–Crippen MR) is 119 cm³/mol. The first-order valence-corrected chi connectivity index (χ1v) is 11.1. The van der Waals surface area contributed by atoms with Gasteiger partial charge in [0, 0.05) is 17.7 Å². The molecule has 1 aromatic carbocycles. The lowest BCUT2D eigenvalue weighted by atomic mass is 9.81. The second-order valence-corrected chi connectivity index (χ2v) is 8.82. The van der Waals surface area contributed by atoms with E-state index < -0.39 is 0 Å². The average molecular weight is 442 g/mol. The normalized spacial score (nSPS) is 22.4. The number of Topliss-reactive ketones (excluding diaryl/α,β-unsaturated/α-hetero) is 1. The molecule has 4 rings (SSSR count). The smallest absolute Gasteiger partial charge is 0.355 e. The molecule has 0 radical (unpaired) electrons. The molecule has 1 saturated carbocycles. The van der Waals surface area contributed by atoms with Gasteiger partial charge in [0.25, 0.3) is 0 Å². The number of benzene rings is 1. The number of ketones is 1. The Bertz CT molecular complexity index is 1010. The fraction of sp³-hybridized carbons (Fsp3) is 0.520. The van der Waals surface area contributed by atoms with Crippen molar-refractivity contribution in [3.63, 3.8) is 0 Å². The number of aromatic amines is 1. The predicted octanol–water partition coefficient (Wildman–Crippen LogP) is 4.61. The maximum absolute atomic E-state index is 13.1. The van der Waals surface area contributed by atoms with E-state index in [-0.39, 0.29) is 23.8 Å². The molecule has 7 nitrogen and oxygen atoms in total. The zero-order valence-corrected chi connectivity index (χ0v) is 19.4. The lowest BCUT2D eigenvalue weighted by molar-refractivity contribution is 0.0219. The first-order chi connectivity index (χ1) is 15.4. The first kappa shape index (κ1) is 22.2. The van der Waals surface area contributed by atoms with Gasteiger partial charge in [0.1, 0.15) is 11.8 Å². The summed E-state index contributed by atoms with van der Waals surface area (Å²) in [7, 11) is 4.70. The van der Waals surface area contributed by atoms with E-state index in [1.54, 1.807) is 21.3 Å². The van der Waals surface area contributed by atoms with Gasteiger partial charge in [-0.15, -0.1) is 0 Å². The second-order valence-electron chi connectivity index (χ2n) is 8.82. The van der Waals surface area contributed by atoms with Crippen molar-refractivity contribution in [1.82, 2.24) is 4.98 Å². The Kier molecular flexibility index (Phi) is 6.17. The number of aromatic nitrogens is 1. The number of carbonyl (C=O) groups is 2. The zero-order valence-electron chi connectivity index (χ0n) is 19.4. The summed E-state index contributed by atoms with van der Waals surface area (Å²) in [6.45, 7) is 3.94. The standard InChI is InChI=1S/C25H31NO6/c1-13-7-6-8-19(13)32-25(28)23-14(2)22-17(26-23)9-15(10-18(22)27)16-11-20(29-3)24(31-5)21(12-16)30-4/h11-13,15,19,26H,6-10H2,1-5H3/t13-,15-,19-/m0/s1. The number of hydrogen-bond acceptors (Lipinski definition) is 6. The van der Waals surface area contributed by atoms with Gasteiger partial charge < -0.3 is 23.9 Å². The summed E-state index contributed by atoms with van der Waals surface area (Å²) < 4.78 is 22.1. The molecular weight excluding hydrogens is 410 g/mol. The Hall–Kier alpha value is -2.96. The zero-order chi connectivity index (χ0) is 23.0. The fourth-order valence-electron chi connectivity index (χ4n) is 5.09. The molecule has 0 aliphatic heterocycles. The summed E-state index contributed by atoms with van der Waals surface area (Å²) in [5.41, 5.74) is 3.41. The van der Waals surface area contributed by atoms with E-state index in [1.165, 1.54) is 0 Å². The number of esters is 1. The fourth-order valence-corrected chi connectivity index (χ4v) is 5.09. The number of nitrogens with one attached hydrogen (secondary N) is 1. The lowest BCUT2D eigenvalue weighted by Gasteiger charge is -2.24. The SMILES string of the molecule is COc1cc([C@@H]2CC(=O)c3c([nH]c(C(=O)O[C@H]4CCC[C@@H]4C)c3C)C2)cc(OC)c1OC. The van der Waals surface area contributed by atoms with Crippen LogP contribution in [0.2, 0.25) is 0 Å². The third-order valence-electron chi connectivity index (χ3n) is 6.89. The minimum absolute atomic E-state index is 0.0204. The summed E-state index contributed by atoms with van der Waals surface area (Å²) >= 11 is 0. The van der Waals surface area contributed by atoms with E-state index in [0.717, 1.165) is 30.5 Å². The molecule has 0 bridgehead atoms. The van der Waals surface area contributed by atoms with E-state index in [4.69, 9.17) is 18.9 Å². The van der Waals surface area contributed by atoms with Gasteiger partial charge in [-0.05, 0) is 67.7 Å². The van der Waals surface area contributed by atoms with Gasteiger partial charge >= 0.3 is 5.97 Å². The Morgan fingerprint density at radius 1 is 1.03 bits per heavy atom. The molecule has 32 heavy (non-hydrogen) atoms. The Labute approximate surface area is 188 Å². The van der Waals surface area contributed by atoms with Crippen LogP contribution in [0, 0.1) is 12.8 Å². The molecule has 2 aromatic rings.